The zero-order chi connectivity index (χ0) is 20.1. The standard InChI is InChI=1S/C22H36O5/c1-18(12-6-5-9-15-25-20-14-8-11-16-26-20)19(23)13-7-10-17-27-21(24)22(2,3)4/h19-20,23H,1,5,7-11,13-17H2,2-4H3. The topological polar surface area (TPSA) is 65.0 Å². The number of carbonyl (C=O) groups is 1. The Morgan fingerprint density at radius 1 is 1.26 bits per heavy atom. The van der Waals surface area contributed by atoms with E-state index in [1.54, 1.807) is 0 Å². The number of hydrogen-bond acceptors (Lipinski definition) is 5. The van der Waals surface area contributed by atoms with Crippen molar-refractivity contribution in [3.8, 4) is 11.8 Å². The van der Waals surface area contributed by atoms with Gasteiger partial charge in [-0.2, -0.15) is 0 Å². The maximum absolute atomic E-state index is 11.6. The molecule has 0 spiro atoms. The Bertz CT molecular complexity index is 503. The average Bonchev–Trinajstić information content (AvgIpc) is 2.63. The van der Waals surface area contributed by atoms with Gasteiger partial charge in [0.05, 0.1) is 24.7 Å². The highest BCUT2D eigenvalue weighted by Gasteiger charge is 2.22. The smallest absolute Gasteiger partial charge is 0.311 e. The minimum atomic E-state index is -0.636. The first-order valence-corrected chi connectivity index (χ1v) is 10.1. The Morgan fingerprint density at radius 2 is 2.04 bits per heavy atom. The first-order chi connectivity index (χ1) is 12.8. The van der Waals surface area contributed by atoms with Gasteiger partial charge in [-0.05, 0) is 65.7 Å². The summed E-state index contributed by atoms with van der Waals surface area (Å²) < 4.78 is 16.4. The fraction of sp³-hybridized carbons (Fsp3) is 0.773. The van der Waals surface area contributed by atoms with Gasteiger partial charge in [-0.15, -0.1) is 0 Å². The number of rotatable bonds is 10. The van der Waals surface area contributed by atoms with Gasteiger partial charge in [0.2, 0.25) is 0 Å². The molecule has 0 aliphatic carbocycles. The molecule has 1 aliphatic rings. The number of esters is 1. The molecule has 1 N–H and O–H groups in total. The van der Waals surface area contributed by atoms with E-state index in [2.05, 4.69) is 18.4 Å². The van der Waals surface area contributed by atoms with Gasteiger partial charge in [0.15, 0.2) is 6.29 Å². The maximum atomic E-state index is 11.6. The van der Waals surface area contributed by atoms with Crippen molar-refractivity contribution < 1.29 is 24.1 Å². The predicted molar refractivity (Wildman–Crippen MR) is 106 cm³/mol. The summed E-state index contributed by atoms with van der Waals surface area (Å²) in [5.74, 6) is 5.77. The van der Waals surface area contributed by atoms with E-state index in [9.17, 15) is 9.90 Å². The SMILES string of the molecule is C=C(C#CCCCOC1CCCCO1)C(O)CCCCOC(=O)C(C)(C)C. The van der Waals surface area contributed by atoms with E-state index in [0.717, 1.165) is 38.7 Å². The van der Waals surface area contributed by atoms with Gasteiger partial charge in [-0.3, -0.25) is 4.79 Å². The molecular formula is C22H36O5. The monoisotopic (exact) mass is 380 g/mol. The van der Waals surface area contributed by atoms with E-state index >= 15 is 0 Å². The second kappa shape index (κ2) is 12.9. The molecule has 1 rings (SSSR count). The summed E-state index contributed by atoms with van der Waals surface area (Å²) in [5.41, 5.74) is 0.0657. The molecule has 0 aromatic heterocycles. The molecular weight excluding hydrogens is 344 g/mol. The van der Waals surface area contributed by atoms with Crippen LogP contribution in [-0.2, 0) is 19.0 Å². The van der Waals surface area contributed by atoms with Crippen molar-refractivity contribution in [2.45, 2.75) is 84.5 Å². The lowest BCUT2D eigenvalue weighted by molar-refractivity contribution is -0.162. The number of aliphatic hydroxyl groups is 1. The largest absolute Gasteiger partial charge is 0.465 e. The highest BCUT2D eigenvalue weighted by molar-refractivity contribution is 5.75. The molecule has 0 aromatic carbocycles. The molecule has 1 saturated heterocycles. The number of unbranched alkanes of at least 4 members (excludes halogenated alkanes) is 2. The minimum absolute atomic E-state index is 0.0498. The predicted octanol–water partition coefficient (Wildman–Crippen LogP) is 3.99. The lowest BCUT2D eigenvalue weighted by Crippen LogP contribution is -2.23. The van der Waals surface area contributed by atoms with Crippen LogP contribution < -0.4 is 0 Å². The van der Waals surface area contributed by atoms with Crippen LogP contribution in [0.25, 0.3) is 0 Å². The van der Waals surface area contributed by atoms with Gasteiger partial charge in [0.25, 0.3) is 0 Å². The van der Waals surface area contributed by atoms with Crippen LogP contribution in [0.15, 0.2) is 12.2 Å². The Morgan fingerprint density at radius 3 is 2.70 bits per heavy atom. The molecule has 2 atom stereocenters. The summed E-state index contributed by atoms with van der Waals surface area (Å²) in [6.45, 7) is 11.2. The normalized spacial score (nSPS) is 18.3. The van der Waals surface area contributed by atoms with Crippen molar-refractivity contribution in [2.75, 3.05) is 19.8 Å². The Kier molecular flexibility index (Phi) is 11.3. The molecule has 0 amide bonds. The van der Waals surface area contributed by atoms with Crippen molar-refractivity contribution in [2.24, 2.45) is 5.41 Å². The van der Waals surface area contributed by atoms with Crippen LogP contribution in [0.3, 0.4) is 0 Å². The number of hydrogen-bond donors (Lipinski definition) is 1. The minimum Gasteiger partial charge on any atom is -0.465 e. The van der Waals surface area contributed by atoms with Gasteiger partial charge in [-0.1, -0.05) is 18.4 Å². The van der Waals surface area contributed by atoms with Crippen molar-refractivity contribution in [3.05, 3.63) is 12.2 Å². The van der Waals surface area contributed by atoms with Crippen LogP contribution in [0.2, 0.25) is 0 Å². The molecule has 1 fully saturated rings. The molecule has 27 heavy (non-hydrogen) atoms. The van der Waals surface area contributed by atoms with Gasteiger partial charge < -0.3 is 19.3 Å². The number of carbonyl (C=O) groups excluding carboxylic acids is 1. The van der Waals surface area contributed by atoms with Crippen LogP contribution in [0.4, 0.5) is 0 Å². The van der Waals surface area contributed by atoms with Gasteiger partial charge in [-0.25, -0.2) is 0 Å². The molecule has 1 heterocycles. The summed E-state index contributed by atoms with van der Waals surface area (Å²) in [4.78, 5) is 11.6. The third-order valence-electron chi connectivity index (χ3n) is 4.26. The van der Waals surface area contributed by atoms with Crippen LogP contribution in [0.5, 0.6) is 0 Å². The molecule has 154 valence electrons. The molecule has 5 heteroatoms. The second-order valence-corrected chi connectivity index (χ2v) is 7.99. The number of ether oxygens (including phenoxy) is 3. The van der Waals surface area contributed by atoms with E-state index in [1.165, 1.54) is 6.42 Å². The fourth-order valence-corrected chi connectivity index (χ4v) is 2.47. The van der Waals surface area contributed by atoms with Crippen molar-refractivity contribution in [1.82, 2.24) is 0 Å². The lowest BCUT2D eigenvalue weighted by atomic mass is 9.97. The Hall–Kier alpha value is -1.35. The fourth-order valence-electron chi connectivity index (χ4n) is 2.47. The first kappa shape index (κ1) is 23.7. The molecule has 0 saturated carbocycles. The van der Waals surface area contributed by atoms with Crippen LogP contribution >= 0.6 is 0 Å². The molecule has 0 aromatic rings. The third kappa shape index (κ3) is 11.2. The van der Waals surface area contributed by atoms with E-state index < -0.39 is 11.5 Å². The summed E-state index contributed by atoms with van der Waals surface area (Å²) >= 11 is 0. The van der Waals surface area contributed by atoms with Gasteiger partial charge >= 0.3 is 5.97 Å². The summed E-state index contributed by atoms with van der Waals surface area (Å²) in [5, 5.41) is 10.1. The first-order valence-electron chi connectivity index (χ1n) is 10.1. The maximum Gasteiger partial charge on any atom is 0.311 e. The van der Waals surface area contributed by atoms with E-state index in [0.29, 0.717) is 31.6 Å². The molecule has 0 radical (unpaired) electrons. The van der Waals surface area contributed by atoms with Gasteiger partial charge in [0, 0.05) is 18.6 Å². The highest BCUT2D eigenvalue weighted by Crippen LogP contribution is 2.16. The average molecular weight is 381 g/mol. The Balaban J connectivity index is 2.05. The second-order valence-electron chi connectivity index (χ2n) is 7.99. The molecule has 2 unspecified atom stereocenters. The van der Waals surface area contributed by atoms with E-state index in [-0.39, 0.29) is 12.3 Å². The quantitative estimate of drug-likeness (QED) is 0.353. The molecule has 0 bridgehead atoms. The summed E-state index contributed by atoms with van der Waals surface area (Å²) in [7, 11) is 0. The molecule has 1 aliphatic heterocycles. The van der Waals surface area contributed by atoms with Crippen LogP contribution in [0, 0.1) is 17.3 Å². The number of aliphatic hydroxyl groups excluding tert-OH is 1. The zero-order valence-corrected chi connectivity index (χ0v) is 17.2. The van der Waals surface area contributed by atoms with Gasteiger partial charge in [0.1, 0.15) is 0 Å². The van der Waals surface area contributed by atoms with Crippen molar-refractivity contribution >= 4 is 5.97 Å². The van der Waals surface area contributed by atoms with Crippen LogP contribution in [-0.4, -0.2) is 43.3 Å². The summed E-state index contributed by atoms with van der Waals surface area (Å²) in [6.07, 6.45) is 6.19. The van der Waals surface area contributed by atoms with E-state index in [1.807, 2.05) is 20.8 Å². The molecule has 5 nitrogen and oxygen atoms in total. The van der Waals surface area contributed by atoms with E-state index in [4.69, 9.17) is 14.2 Å². The van der Waals surface area contributed by atoms with Crippen molar-refractivity contribution in [1.29, 1.82) is 0 Å². The Labute approximate surface area is 164 Å². The zero-order valence-electron chi connectivity index (χ0n) is 17.2. The highest BCUT2D eigenvalue weighted by atomic mass is 16.7. The lowest BCUT2D eigenvalue weighted by Gasteiger charge is -2.22. The van der Waals surface area contributed by atoms with Crippen LogP contribution in [0.1, 0.15) is 72.1 Å². The third-order valence-corrected chi connectivity index (χ3v) is 4.26. The van der Waals surface area contributed by atoms with Crippen molar-refractivity contribution in [3.63, 3.8) is 0 Å². The summed E-state index contributed by atoms with van der Waals surface area (Å²) in [6, 6.07) is 0.